The summed E-state index contributed by atoms with van der Waals surface area (Å²) in [5.74, 6) is -0.898. The molecule has 1 saturated heterocycles. The summed E-state index contributed by atoms with van der Waals surface area (Å²) < 4.78 is 0. The van der Waals surface area contributed by atoms with E-state index in [4.69, 9.17) is 5.11 Å². The van der Waals surface area contributed by atoms with E-state index in [0.29, 0.717) is 19.4 Å². The highest BCUT2D eigenvalue weighted by molar-refractivity contribution is 5.85. The lowest BCUT2D eigenvalue weighted by atomic mass is 10.1. The van der Waals surface area contributed by atoms with Crippen LogP contribution in [0.3, 0.4) is 0 Å². The van der Waals surface area contributed by atoms with Gasteiger partial charge in [-0.3, -0.25) is 4.79 Å². The molecule has 1 unspecified atom stereocenters. The second kappa shape index (κ2) is 4.26. The molecule has 0 aromatic carbocycles. The van der Waals surface area contributed by atoms with Crippen LogP contribution in [0.25, 0.3) is 0 Å². The molecular formula is C10H15NO3. The molecule has 1 amide bonds. The average Bonchev–Trinajstić information content (AvgIpc) is 2.48. The van der Waals surface area contributed by atoms with Gasteiger partial charge in [-0.05, 0) is 6.42 Å². The van der Waals surface area contributed by atoms with Crippen LogP contribution in [0.4, 0.5) is 0 Å². The number of rotatable bonds is 4. The van der Waals surface area contributed by atoms with Crippen molar-refractivity contribution in [2.75, 3.05) is 6.54 Å². The third-order valence-corrected chi connectivity index (χ3v) is 2.57. The van der Waals surface area contributed by atoms with Gasteiger partial charge in [0.1, 0.15) is 6.04 Å². The van der Waals surface area contributed by atoms with E-state index in [1.165, 1.54) is 4.90 Å². The van der Waals surface area contributed by atoms with Gasteiger partial charge in [-0.15, -0.1) is 6.58 Å². The number of hydrogen-bond donors (Lipinski definition) is 1. The number of aliphatic carboxylic acids is 1. The van der Waals surface area contributed by atoms with Crippen LogP contribution in [-0.4, -0.2) is 34.5 Å². The molecule has 1 N–H and O–H groups in total. The predicted octanol–water partition coefficient (Wildman–Crippen LogP) is 0.884. The van der Waals surface area contributed by atoms with Crippen LogP contribution in [0.1, 0.15) is 19.8 Å². The zero-order valence-corrected chi connectivity index (χ0v) is 8.27. The minimum Gasteiger partial charge on any atom is -0.480 e. The van der Waals surface area contributed by atoms with Crippen molar-refractivity contribution in [1.82, 2.24) is 4.90 Å². The van der Waals surface area contributed by atoms with Gasteiger partial charge < -0.3 is 10.0 Å². The van der Waals surface area contributed by atoms with Gasteiger partial charge in [0.05, 0.1) is 0 Å². The summed E-state index contributed by atoms with van der Waals surface area (Å²) in [7, 11) is 0. The minimum atomic E-state index is -0.925. The van der Waals surface area contributed by atoms with Crippen molar-refractivity contribution >= 4 is 11.9 Å². The summed E-state index contributed by atoms with van der Waals surface area (Å²) in [5, 5.41) is 8.89. The summed E-state index contributed by atoms with van der Waals surface area (Å²) in [6.45, 7) is 5.88. The molecule has 78 valence electrons. The molecule has 4 heteroatoms. The Balaban J connectivity index is 2.72. The molecule has 1 aliphatic rings. The maximum Gasteiger partial charge on any atom is 0.326 e. The van der Waals surface area contributed by atoms with E-state index in [1.807, 2.05) is 0 Å². The predicted molar refractivity (Wildman–Crippen MR) is 51.7 cm³/mol. The summed E-state index contributed by atoms with van der Waals surface area (Å²) in [6.07, 6.45) is 2.56. The van der Waals surface area contributed by atoms with Crippen molar-refractivity contribution in [2.45, 2.75) is 25.8 Å². The number of hydrogen-bond acceptors (Lipinski definition) is 2. The third-order valence-electron chi connectivity index (χ3n) is 2.57. The Morgan fingerprint density at radius 2 is 2.50 bits per heavy atom. The normalized spacial score (nSPS) is 23.6. The molecule has 0 spiro atoms. The zero-order valence-electron chi connectivity index (χ0n) is 8.27. The first-order valence-electron chi connectivity index (χ1n) is 4.75. The number of amides is 1. The van der Waals surface area contributed by atoms with Gasteiger partial charge in [-0.2, -0.15) is 0 Å². The van der Waals surface area contributed by atoms with Gasteiger partial charge in [0.15, 0.2) is 0 Å². The van der Waals surface area contributed by atoms with Crippen LogP contribution in [0.2, 0.25) is 0 Å². The summed E-state index contributed by atoms with van der Waals surface area (Å²) in [6, 6.07) is -0.674. The summed E-state index contributed by atoms with van der Waals surface area (Å²) in [5.41, 5.74) is 0. The average molecular weight is 197 g/mol. The Labute approximate surface area is 83.2 Å². The summed E-state index contributed by atoms with van der Waals surface area (Å²) >= 11 is 0. The molecule has 1 aliphatic heterocycles. The topological polar surface area (TPSA) is 57.6 Å². The Bertz CT molecular complexity index is 262. The fraction of sp³-hybridized carbons (Fsp3) is 0.600. The highest BCUT2D eigenvalue weighted by Gasteiger charge is 2.35. The lowest BCUT2D eigenvalue weighted by Gasteiger charge is -2.23. The SMILES string of the molecule is C=CC1CC(=O)N([C@@H](CC)C(=O)O)C1. The molecular weight excluding hydrogens is 182 g/mol. The Morgan fingerprint density at radius 3 is 2.86 bits per heavy atom. The zero-order chi connectivity index (χ0) is 10.7. The van der Waals surface area contributed by atoms with E-state index in [2.05, 4.69) is 6.58 Å². The molecule has 0 saturated carbocycles. The molecule has 0 aromatic rings. The van der Waals surface area contributed by atoms with Crippen molar-refractivity contribution < 1.29 is 14.7 Å². The van der Waals surface area contributed by atoms with E-state index in [9.17, 15) is 9.59 Å². The fourth-order valence-electron chi connectivity index (χ4n) is 1.75. The van der Waals surface area contributed by atoms with E-state index < -0.39 is 12.0 Å². The van der Waals surface area contributed by atoms with Crippen LogP contribution in [-0.2, 0) is 9.59 Å². The van der Waals surface area contributed by atoms with Crippen molar-refractivity contribution in [3.8, 4) is 0 Å². The molecule has 1 rings (SSSR count). The van der Waals surface area contributed by atoms with Crippen LogP contribution in [0.5, 0.6) is 0 Å². The largest absolute Gasteiger partial charge is 0.480 e. The smallest absolute Gasteiger partial charge is 0.326 e. The van der Waals surface area contributed by atoms with E-state index in [-0.39, 0.29) is 11.8 Å². The van der Waals surface area contributed by atoms with Crippen LogP contribution in [0.15, 0.2) is 12.7 Å². The fourth-order valence-corrected chi connectivity index (χ4v) is 1.75. The number of carboxylic acid groups (broad SMARTS) is 1. The molecule has 0 radical (unpaired) electrons. The quantitative estimate of drug-likeness (QED) is 0.681. The Hall–Kier alpha value is -1.32. The number of carbonyl (C=O) groups excluding carboxylic acids is 1. The van der Waals surface area contributed by atoms with E-state index in [0.717, 1.165) is 0 Å². The molecule has 0 aliphatic carbocycles. The number of carbonyl (C=O) groups is 2. The minimum absolute atomic E-state index is 0.0795. The first kappa shape index (κ1) is 10.8. The second-order valence-corrected chi connectivity index (χ2v) is 3.51. The first-order chi connectivity index (χ1) is 6.60. The lowest BCUT2D eigenvalue weighted by Crippen LogP contribution is -2.41. The number of carboxylic acids is 1. The maximum absolute atomic E-state index is 11.5. The summed E-state index contributed by atoms with van der Waals surface area (Å²) in [4.78, 5) is 23.7. The highest BCUT2D eigenvalue weighted by atomic mass is 16.4. The van der Waals surface area contributed by atoms with Gasteiger partial charge >= 0.3 is 5.97 Å². The van der Waals surface area contributed by atoms with Gasteiger partial charge in [-0.25, -0.2) is 4.79 Å². The first-order valence-corrected chi connectivity index (χ1v) is 4.75. The molecule has 0 bridgehead atoms. The molecule has 0 aromatic heterocycles. The molecule has 2 atom stereocenters. The van der Waals surface area contributed by atoms with E-state index in [1.54, 1.807) is 13.0 Å². The van der Waals surface area contributed by atoms with Gasteiger partial charge in [0.25, 0.3) is 0 Å². The maximum atomic E-state index is 11.5. The van der Waals surface area contributed by atoms with Crippen molar-refractivity contribution in [3.63, 3.8) is 0 Å². The van der Waals surface area contributed by atoms with Crippen LogP contribution >= 0.6 is 0 Å². The van der Waals surface area contributed by atoms with Crippen molar-refractivity contribution in [1.29, 1.82) is 0 Å². The highest BCUT2D eigenvalue weighted by Crippen LogP contribution is 2.22. The third kappa shape index (κ3) is 1.95. The van der Waals surface area contributed by atoms with E-state index >= 15 is 0 Å². The lowest BCUT2D eigenvalue weighted by molar-refractivity contribution is -0.148. The second-order valence-electron chi connectivity index (χ2n) is 3.51. The molecule has 1 heterocycles. The monoisotopic (exact) mass is 197 g/mol. The van der Waals surface area contributed by atoms with Crippen LogP contribution < -0.4 is 0 Å². The van der Waals surface area contributed by atoms with Crippen molar-refractivity contribution in [3.05, 3.63) is 12.7 Å². The van der Waals surface area contributed by atoms with Gasteiger partial charge in [0, 0.05) is 18.9 Å². The van der Waals surface area contributed by atoms with Crippen LogP contribution in [0, 0.1) is 5.92 Å². The number of nitrogens with zero attached hydrogens (tertiary/aromatic N) is 1. The molecule has 4 nitrogen and oxygen atoms in total. The Morgan fingerprint density at radius 1 is 1.86 bits per heavy atom. The number of likely N-dealkylation sites (tertiary alicyclic amines) is 1. The molecule has 14 heavy (non-hydrogen) atoms. The Kier molecular flexibility index (Phi) is 3.28. The standard InChI is InChI=1S/C10H15NO3/c1-3-7-5-9(12)11(6-7)8(4-2)10(13)14/h3,7-8H,1,4-6H2,2H3,(H,13,14)/t7?,8-/m0/s1. The van der Waals surface area contributed by atoms with Crippen molar-refractivity contribution in [2.24, 2.45) is 5.92 Å². The van der Waals surface area contributed by atoms with Gasteiger partial charge in [-0.1, -0.05) is 13.0 Å². The van der Waals surface area contributed by atoms with Gasteiger partial charge in [0.2, 0.25) is 5.91 Å². The molecule has 1 fully saturated rings.